The molecule has 2 atom stereocenters. The van der Waals surface area contributed by atoms with Crippen LogP contribution in [0.3, 0.4) is 0 Å². The molecule has 0 aromatic heterocycles. The van der Waals surface area contributed by atoms with Crippen molar-refractivity contribution >= 4 is 11.8 Å². The van der Waals surface area contributed by atoms with Gasteiger partial charge in [-0.3, -0.25) is 9.59 Å². The van der Waals surface area contributed by atoms with Gasteiger partial charge < -0.3 is 4.74 Å². The Balaban J connectivity index is 2.90. The molecular formula is C17H24O3. The second kappa shape index (κ2) is 6.69. The Hall–Kier alpha value is -1.64. The number of ketones is 1. The van der Waals surface area contributed by atoms with E-state index in [2.05, 4.69) is 0 Å². The number of carbonyl (C=O) groups is 2. The molecule has 0 saturated carbocycles. The van der Waals surface area contributed by atoms with Crippen LogP contribution < -0.4 is 0 Å². The van der Waals surface area contributed by atoms with Crippen molar-refractivity contribution in [2.45, 2.75) is 41.0 Å². The lowest BCUT2D eigenvalue weighted by Crippen LogP contribution is -2.23. The smallest absolute Gasteiger partial charge is 0.308 e. The number of hydrogen-bond acceptors (Lipinski definition) is 3. The summed E-state index contributed by atoms with van der Waals surface area (Å²) in [5.41, 5.74) is 3.96. The van der Waals surface area contributed by atoms with Crippen molar-refractivity contribution < 1.29 is 14.3 Å². The molecule has 3 heteroatoms. The van der Waals surface area contributed by atoms with Crippen molar-refractivity contribution in [3.8, 4) is 0 Å². The molecule has 3 nitrogen and oxygen atoms in total. The van der Waals surface area contributed by atoms with Crippen LogP contribution in [0.2, 0.25) is 0 Å². The van der Waals surface area contributed by atoms with Crippen molar-refractivity contribution in [2.24, 2.45) is 11.8 Å². The topological polar surface area (TPSA) is 43.4 Å². The van der Waals surface area contributed by atoms with Crippen LogP contribution in [0.15, 0.2) is 12.1 Å². The first-order valence-corrected chi connectivity index (χ1v) is 6.96. The largest absolute Gasteiger partial charge is 0.469 e. The molecule has 0 bridgehead atoms. The summed E-state index contributed by atoms with van der Waals surface area (Å²) in [5.74, 6) is -0.462. The van der Waals surface area contributed by atoms with Crippen LogP contribution in [0.1, 0.15) is 47.3 Å². The minimum absolute atomic E-state index is 0.0324. The molecule has 0 aliphatic rings. The van der Waals surface area contributed by atoms with Crippen LogP contribution >= 0.6 is 0 Å². The predicted octanol–water partition coefficient (Wildman–Crippen LogP) is 3.63. The molecule has 0 amide bonds. The molecule has 1 rings (SSSR count). The molecule has 0 fully saturated rings. The normalized spacial score (nSPS) is 13.7. The highest BCUT2D eigenvalue weighted by Crippen LogP contribution is 2.23. The van der Waals surface area contributed by atoms with E-state index < -0.39 is 0 Å². The van der Waals surface area contributed by atoms with Gasteiger partial charge in [-0.2, -0.15) is 0 Å². The van der Waals surface area contributed by atoms with Gasteiger partial charge in [0.25, 0.3) is 0 Å². The maximum absolute atomic E-state index is 12.5. The van der Waals surface area contributed by atoms with Gasteiger partial charge in [0.15, 0.2) is 5.78 Å². The molecular weight excluding hydrogens is 252 g/mol. The highest BCUT2D eigenvalue weighted by molar-refractivity contribution is 5.99. The molecule has 2 unspecified atom stereocenters. The summed E-state index contributed by atoms with van der Waals surface area (Å²) in [4.78, 5) is 24.0. The van der Waals surface area contributed by atoms with Crippen LogP contribution in [0, 0.1) is 32.6 Å². The SMILES string of the molecule is COC(=O)C(C)C(C)CC(=O)c1c(C)cc(C)cc1C. The van der Waals surface area contributed by atoms with Gasteiger partial charge in [0.05, 0.1) is 13.0 Å². The van der Waals surface area contributed by atoms with Crippen LogP contribution in [0.25, 0.3) is 0 Å². The summed E-state index contributed by atoms with van der Waals surface area (Å²) >= 11 is 0. The van der Waals surface area contributed by atoms with E-state index in [0.29, 0.717) is 6.42 Å². The molecule has 0 radical (unpaired) electrons. The number of aryl methyl sites for hydroxylation is 3. The van der Waals surface area contributed by atoms with Crippen molar-refractivity contribution in [3.63, 3.8) is 0 Å². The lowest BCUT2D eigenvalue weighted by Gasteiger charge is -2.18. The van der Waals surface area contributed by atoms with E-state index in [9.17, 15) is 9.59 Å². The van der Waals surface area contributed by atoms with Crippen LogP contribution in [-0.4, -0.2) is 18.9 Å². The first-order chi connectivity index (χ1) is 9.27. The van der Waals surface area contributed by atoms with Crippen molar-refractivity contribution in [3.05, 3.63) is 34.4 Å². The average Bonchev–Trinajstić information content (AvgIpc) is 2.35. The van der Waals surface area contributed by atoms with E-state index in [1.54, 1.807) is 6.92 Å². The van der Waals surface area contributed by atoms with Gasteiger partial charge in [-0.25, -0.2) is 0 Å². The number of Topliss-reactive ketones (excluding diaryl/α,β-unsaturated/α-hetero) is 1. The van der Waals surface area contributed by atoms with Gasteiger partial charge in [0.1, 0.15) is 0 Å². The molecule has 0 saturated heterocycles. The second-order valence-electron chi connectivity index (χ2n) is 5.69. The number of esters is 1. The maximum Gasteiger partial charge on any atom is 0.308 e. The molecule has 0 heterocycles. The van der Waals surface area contributed by atoms with E-state index >= 15 is 0 Å². The fourth-order valence-electron chi connectivity index (χ4n) is 2.61. The first kappa shape index (κ1) is 16.4. The Bertz CT molecular complexity index is 494. The summed E-state index contributed by atoms with van der Waals surface area (Å²) in [6, 6.07) is 4.04. The van der Waals surface area contributed by atoms with Crippen LogP contribution in [0.5, 0.6) is 0 Å². The van der Waals surface area contributed by atoms with Crippen molar-refractivity contribution in [2.75, 3.05) is 7.11 Å². The van der Waals surface area contributed by atoms with Gasteiger partial charge in [-0.1, -0.05) is 31.5 Å². The highest BCUT2D eigenvalue weighted by atomic mass is 16.5. The Morgan fingerprint density at radius 3 is 2.05 bits per heavy atom. The van der Waals surface area contributed by atoms with Crippen LogP contribution in [0.4, 0.5) is 0 Å². The summed E-state index contributed by atoms with van der Waals surface area (Å²) in [7, 11) is 1.38. The van der Waals surface area contributed by atoms with E-state index in [1.807, 2.05) is 39.8 Å². The molecule has 0 aliphatic carbocycles. The molecule has 110 valence electrons. The Morgan fingerprint density at radius 2 is 1.60 bits per heavy atom. The fourth-order valence-corrected chi connectivity index (χ4v) is 2.61. The molecule has 0 N–H and O–H groups in total. The van der Waals surface area contributed by atoms with Gasteiger partial charge in [-0.15, -0.1) is 0 Å². The Kier molecular flexibility index (Phi) is 5.49. The summed E-state index contributed by atoms with van der Waals surface area (Å²) in [5, 5.41) is 0. The molecule has 1 aromatic rings. The monoisotopic (exact) mass is 276 g/mol. The van der Waals surface area contributed by atoms with E-state index in [-0.39, 0.29) is 23.6 Å². The van der Waals surface area contributed by atoms with Gasteiger partial charge in [0, 0.05) is 12.0 Å². The minimum Gasteiger partial charge on any atom is -0.469 e. The zero-order valence-corrected chi connectivity index (χ0v) is 13.2. The third-order valence-electron chi connectivity index (χ3n) is 3.89. The minimum atomic E-state index is -0.269. The molecule has 0 spiro atoms. The first-order valence-electron chi connectivity index (χ1n) is 6.96. The van der Waals surface area contributed by atoms with E-state index in [1.165, 1.54) is 7.11 Å². The number of ether oxygens (including phenoxy) is 1. The third kappa shape index (κ3) is 3.69. The van der Waals surface area contributed by atoms with Crippen molar-refractivity contribution in [1.29, 1.82) is 0 Å². The summed E-state index contributed by atoms with van der Waals surface area (Å²) in [6.45, 7) is 9.66. The fraction of sp³-hybridized carbons (Fsp3) is 0.529. The van der Waals surface area contributed by atoms with Gasteiger partial charge in [-0.05, 0) is 37.8 Å². The standard InChI is InChI=1S/C17H24O3/c1-10-7-12(3)16(13(4)8-10)15(18)9-11(2)14(5)17(19)20-6/h7-8,11,14H,9H2,1-6H3. The molecule has 20 heavy (non-hydrogen) atoms. The number of hydrogen-bond donors (Lipinski definition) is 0. The van der Waals surface area contributed by atoms with Gasteiger partial charge >= 0.3 is 5.97 Å². The maximum atomic E-state index is 12.5. The lowest BCUT2D eigenvalue weighted by molar-refractivity contribution is -0.146. The van der Waals surface area contributed by atoms with Gasteiger partial charge in [0.2, 0.25) is 0 Å². The Labute approximate surface area is 121 Å². The number of methoxy groups -OCH3 is 1. The third-order valence-corrected chi connectivity index (χ3v) is 3.89. The highest BCUT2D eigenvalue weighted by Gasteiger charge is 2.24. The molecule has 1 aromatic carbocycles. The average molecular weight is 276 g/mol. The lowest BCUT2D eigenvalue weighted by atomic mass is 9.87. The zero-order chi connectivity index (χ0) is 15.4. The second-order valence-corrected chi connectivity index (χ2v) is 5.69. The van der Waals surface area contributed by atoms with E-state index in [4.69, 9.17) is 4.74 Å². The number of carbonyl (C=O) groups excluding carboxylic acids is 2. The Morgan fingerprint density at radius 1 is 1.10 bits per heavy atom. The predicted molar refractivity (Wildman–Crippen MR) is 79.9 cm³/mol. The summed E-state index contributed by atoms with van der Waals surface area (Å²) < 4.78 is 4.73. The van der Waals surface area contributed by atoms with E-state index in [0.717, 1.165) is 22.3 Å². The van der Waals surface area contributed by atoms with Crippen LogP contribution in [-0.2, 0) is 9.53 Å². The van der Waals surface area contributed by atoms with Crippen molar-refractivity contribution in [1.82, 2.24) is 0 Å². The zero-order valence-electron chi connectivity index (χ0n) is 13.2. The number of benzene rings is 1. The molecule has 0 aliphatic heterocycles. The summed E-state index contributed by atoms with van der Waals surface area (Å²) in [6.07, 6.45) is 0.362. The number of rotatable bonds is 5. The quantitative estimate of drug-likeness (QED) is 0.609.